The van der Waals surface area contributed by atoms with E-state index in [0.717, 1.165) is 11.3 Å². The molecule has 0 spiro atoms. The second-order valence-corrected chi connectivity index (χ2v) is 5.17. The molecule has 3 heteroatoms. The topological polar surface area (TPSA) is 35.5 Å². The minimum Gasteiger partial charge on any atom is -0.497 e. The highest BCUT2D eigenvalue weighted by atomic mass is 16.5. The number of ketones is 1. The van der Waals surface area contributed by atoms with Gasteiger partial charge in [-0.25, -0.2) is 0 Å². The largest absolute Gasteiger partial charge is 0.497 e. The van der Waals surface area contributed by atoms with E-state index in [2.05, 4.69) is 11.8 Å². The van der Waals surface area contributed by atoms with E-state index in [1.807, 2.05) is 43.3 Å². The van der Waals surface area contributed by atoms with Crippen molar-refractivity contribution in [3.63, 3.8) is 0 Å². The smallest absolute Gasteiger partial charge is 0.177 e. The van der Waals surface area contributed by atoms with Gasteiger partial charge in [0.25, 0.3) is 0 Å². The molecule has 2 aromatic rings. The van der Waals surface area contributed by atoms with Crippen molar-refractivity contribution < 1.29 is 14.3 Å². The molecular formula is C20H20O3. The first-order valence-corrected chi connectivity index (χ1v) is 7.43. The molecule has 0 aliphatic heterocycles. The maximum Gasteiger partial charge on any atom is 0.177 e. The van der Waals surface area contributed by atoms with Crippen molar-refractivity contribution in [1.82, 2.24) is 0 Å². The Kier molecular flexibility index (Phi) is 5.82. The molecule has 118 valence electrons. The summed E-state index contributed by atoms with van der Waals surface area (Å²) in [4.78, 5) is 12.4. The summed E-state index contributed by atoms with van der Waals surface area (Å²) in [7, 11) is 3.22. The lowest BCUT2D eigenvalue weighted by atomic mass is 9.99. The monoisotopic (exact) mass is 308 g/mol. The maximum atomic E-state index is 12.4. The van der Waals surface area contributed by atoms with Crippen molar-refractivity contribution in [2.24, 2.45) is 5.92 Å². The van der Waals surface area contributed by atoms with Gasteiger partial charge in [-0.15, -0.1) is 0 Å². The summed E-state index contributed by atoms with van der Waals surface area (Å²) in [5.74, 6) is 7.23. The van der Waals surface area contributed by atoms with Crippen molar-refractivity contribution in [2.45, 2.75) is 13.3 Å². The minimum absolute atomic E-state index is 0.00189. The fourth-order valence-electron chi connectivity index (χ4n) is 2.18. The molecule has 2 aromatic carbocycles. The zero-order chi connectivity index (χ0) is 16.7. The predicted molar refractivity (Wildman–Crippen MR) is 91.0 cm³/mol. The molecule has 0 aliphatic rings. The van der Waals surface area contributed by atoms with E-state index in [0.29, 0.717) is 17.7 Å². The Bertz CT molecular complexity index is 738. The van der Waals surface area contributed by atoms with E-state index in [1.165, 1.54) is 0 Å². The van der Waals surface area contributed by atoms with Crippen LogP contribution in [0.2, 0.25) is 0 Å². The van der Waals surface area contributed by atoms with Gasteiger partial charge in [-0.05, 0) is 36.8 Å². The predicted octanol–water partition coefficient (Wildman–Crippen LogP) is 3.77. The summed E-state index contributed by atoms with van der Waals surface area (Å²) in [6.45, 7) is 1.82. The van der Waals surface area contributed by atoms with Gasteiger partial charge in [-0.1, -0.05) is 36.1 Å². The van der Waals surface area contributed by atoms with Gasteiger partial charge in [0, 0.05) is 12.0 Å². The van der Waals surface area contributed by atoms with E-state index in [4.69, 9.17) is 9.47 Å². The zero-order valence-corrected chi connectivity index (χ0v) is 13.6. The van der Waals surface area contributed by atoms with Crippen LogP contribution in [0, 0.1) is 17.8 Å². The quantitative estimate of drug-likeness (QED) is 0.623. The summed E-state index contributed by atoms with van der Waals surface area (Å²) in [5.41, 5.74) is 1.69. The van der Waals surface area contributed by atoms with E-state index < -0.39 is 0 Å². The van der Waals surface area contributed by atoms with Crippen LogP contribution in [-0.4, -0.2) is 20.0 Å². The first-order valence-electron chi connectivity index (χ1n) is 7.43. The van der Waals surface area contributed by atoms with Crippen molar-refractivity contribution >= 4 is 5.78 Å². The fraction of sp³-hybridized carbons (Fsp3) is 0.250. The molecule has 0 N–H and O–H groups in total. The first-order chi connectivity index (χ1) is 11.1. The minimum atomic E-state index is -0.354. The molecule has 23 heavy (non-hydrogen) atoms. The SMILES string of the molecule is COc1cccc(CC#CC(C)C(=O)c2cccc(OC)c2)c1. The van der Waals surface area contributed by atoms with Gasteiger partial charge in [0.05, 0.1) is 20.1 Å². The summed E-state index contributed by atoms with van der Waals surface area (Å²) < 4.78 is 10.3. The fourth-order valence-corrected chi connectivity index (χ4v) is 2.18. The number of carbonyl (C=O) groups is 1. The van der Waals surface area contributed by atoms with Crippen LogP contribution in [0.1, 0.15) is 22.8 Å². The van der Waals surface area contributed by atoms with E-state index in [-0.39, 0.29) is 11.7 Å². The maximum absolute atomic E-state index is 12.4. The lowest BCUT2D eigenvalue weighted by Gasteiger charge is -2.06. The number of Topliss-reactive ketones (excluding diaryl/α,β-unsaturated/α-hetero) is 1. The normalized spacial score (nSPS) is 11.1. The molecule has 0 heterocycles. The van der Waals surface area contributed by atoms with E-state index in [9.17, 15) is 4.79 Å². The Balaban J connectivity index is 2.03. The Morgan fingerprint density at radius 1 is 1.04 bits per heavy atom. The zero-order valence-electron chi connectivity index (χ0n) is 13.6. The average molecular weight is 308 g/mol. The van der Waals surface area contributed by atoms with Gasteiger partial charge in [-0.2, -0.15) is 0 Å². The van der Waals surface area contributed by atoms with Crippen LogP contribution in [0.3, 0.4) is 0 Å². The molecule has 0 amide bonds. The van der Waals surface area contributed by atoms with Crippen molar-refractivity contribution in [2.75, 3.05) is 14.2 Å². The second-order valence-electron chi connectivity index (χ2n) is 5.17. The molecule has 0 bridgehead atoms. The molecule has 1 atom stereocenters. The highest BCUT2D eigenvalue weighted by Crippen LogP contribution is 2.16. The second kappa shape index (κ2) is 8.05. The number of ether oxygens (including phenoxy) is 2. The van der Waals surface area contributed by atoms with Gasteiger partial charge < -0.3 is 9.47 Å². The van der Waals surface area contributed by atoms with Crippen molar-refractivity contribution in [3.8, 4) is 23.3 Å². The van der Waals surface area contributed by atoms with Crippen LogP contribution in [-0.2, 0) is 6.42 Å². The highest BCUT2D eigenvalue weighted by Gasteiger charge is 2.13. The highest BCUT2D eigenvalue weighted by molar-refractivity contribution is 5.99. The number of hydrogen-bond donors (Lipinski definition) is 0. The standard InChI is InChI=1S/C20H20O3/c1-15(20(21)17-10-6-12-19(14-17)23-3)7-4-8-16-9-5-11-18(13-16)22-2/h5-6,9-15H,8H2,1-3H3. The molecule has 0 fully saturated rings. The van der Waals surface area contributed by atoms with Crippen LogP contribution < -0.4 is 9.47 Å². The average Bonchev–Trinajstić information content (AvgIpc) is 2.61. The van der Waals surface area contributed by atoms with Crippen LogP contribution in [0.5, 0.6) is 11.5 Å². The molecule has 1 unspecified atom stereocenters. The molecule has 0 saturated heterocycles. The van der Waals surface area contributed by atoms with Gasteiger partial charge in [0.15, 0.2) is 5.78 Å². The van der Waals surface area contributed by atoms with Gasteiger partial charge in [-0.3, -0.25) is 4.79 Å². The van der Waals surface area contributed by atoms with Crippen LogP contribution in [0.4, 0.5) is 0 Å². The summed E-state index contributed by atoms with van der Waals surface area (Å²) in [5, 5.41) is 0. The number of hydrogen-bond acceptors (Lipinski definition) is 3. The lowest BCUT2D eigenvalue weighted by molar-refractivity contribution is 0.0957. The summed E-state index contributed by atoms with van der Waals surface area (Å²) in [6.07, 6.45) is 0.590. The van der Waals surface area contributed by atoms with Crippen LogP contribution in [0.15, 0.2) is 48.5 Å². The summed E-state index contributed by atoms with van der Waals surface area (Å²) in [6, 6.07) is 14.9. The number of carbonyl (C=O) groups excluding carboxylic acids is 1. The Morgan fingerprint density at radius 3 is 2.39 bits per heavy atom. The molecular weight excluding hydrogens is 288 g/mol. The van der Waals surface area contributed by atoms with Gasteiger partial charge >= 0.3 is 0 Å². The molecule has 2 rings (SSSR count). The summed E-state index contributed by atoms with van der Waals surface area (Å²) >= 11 is 0. The van der Waals surface area contributed by atoms with Gasteiger partial charge in [0.1, 0.15) is 11.5 Å². The van der Waals surface area contributed by atoms with E-state index >= 15 is 0 Å². The molecule has 0 aliphatic carbocycles. The molecule has 0 aromatic heterocycles. The number of methoxy groups -OCH3 is 2. The third kappa shape index (κ3) is 4.62. The van der Waals surface area contributed by atoms with Crippen molar-refractivity contribution in [1.29, 1.82) is 0 Å². The van der Waals surface area contributed by atoms with Crippen LogP contribution >= 0.6 is 0 Å². The molecule has 0 radical (unpaired) electrons. The third-order valence-electron chi connectivity index (χ3n) is 3.49. The number of benzene rings is 2. The first kappa shape index (κ1) is 16.6. The Labute approximate surface area is 137 Å². The Hall–Kier alpha value is -2.73. The van der Waals surface area contributed by atoms with E-state index in [1.54, 1.807) is 26.4 Å². The lowest BCUT2D eigenvalue weighted by Crippen LogP contribution is -2.09. The van der Waals surface area contributed by atoms with Crippen molar-refractivity contribution in [3.05, 3.63) is 59.7 Å². The third-order valence-corrected chi connectivity index (χ3v) is 3.49. The molecule has 0 saturated carbocycles. The number of rotatable bonds is 5. The molecule has 3 nitrogen and oxygen atoms in total. The Morgan fingerprint density at radius 2 is 1.70 bits per heavy atom. The van der Waals surface area contributed by atoms with Gasteiger partial charge in [0.2, 0.25) is 0 Å². The van der Waals surface area contributed by atoms with Crippen LogP contribution in [0.25, 0.3) is 0 Å².